The van der Waals surface area contributed by atoms with Crippen LogP contribution in [0.25, 0.3) is 0 Å². The van der Waals surface area contributed by atoms with Crippen LogP contribution in [0.1, 0.15) is 27.3 Å². The molecule has 0 spiro atoms. The van der Waals surface area contributed by atoms with Gasteiger partial charge in [0.2, 0.25) is 0 Å². The number of anilines is 1. The second-order valence-electron chi connectivity index (χ2n) is 5.91. The molecule has 2 aromatic carbocycles. The Balaban J connectivity index is 1.83. The fraction of sp³-hybridized carbons (Fsp3) is 0.158. The fourth-order valence-electron chi connectivity index (χ4n) is 2.65. The van der Waals surface area contributed by atoms with Gasteiger partial charge in [0.15, 0.2) is 0 Å². The minimum Gasteiger partial charge on any atom is -0.319 e. The standard InChI is InChI=1S/C19H16Cl2FN3O/c1-11-18(23-19(26)16-8-5-14(20)9-17(16)21)12(2)25(24-11)10-13-3-6-15(22)7-4-13/h3-9H,10H2,1-2H3,(H,23,26). The molecule has 4 nitrogen and oxygen atoms in total. The summed E-state index contributed by atoms with van der Waals surface area (Å²) in [7, 11) is 0. The van der Waals surface area contributed by atoms with E-state index in [0.717, 1.165) is 11.3 Å². The smallest absolute Gasteiger partial charge is 0.257 e. The van der Waals surface area contributed by atoms with Crippen molar-refractivity contribution in [1.82, 2.24) is 9.78 Å². The summed E-state index contributed by atoms with van der Waals surface area (Å²) in [4.78, 5) is 12.5. The van der Waals surface area contributed by atoms with E-state index in [1.165, 1.54) is 18.2 Å². The number of hydrogen-bond acceptors (Lipinski definition) is 2. The molecule has 7 heteroatoms. The van der Waals surface area contributed by atoms with Crippen molar-refractivity contribution in [3.8, 4) is 0 Å². The lowest BCUT2D eigenvalue weighted by molar-refractivity contribution is 0.102. The zero-order valence-electron chi connectivity index (χ0n) is 14.2. The van der Waals surface area contributed by atoms with Crippen LogP contribution in [0.2, 0.25) is 10.0 Å². The van der Waals surface area contributed by atoms with Crippen LogP contribution >= 0.6 is 23.2 Å². The van der Waals surface area contributed by atoms with E-state index in [-0.39, 0.29) is 16.7 Å². The van der Waals surface area contributed by atoms with Gasteiger partial charge in [-0.3, -0.25) is 9.48 Å². The maximum Gasteiger partial charge on any atom is 0.257 e. The number of aryl methyl sites for hydroxylation is 1. The van der Waals surface area contributed by atoms with Gasteiger partial charge in [-0.15, -0.1) is 0 Å². The molecule has 0 saturated heterocycles. The lowest BCUT2D eigenvalue weighted by Gasteiger charge is -2.08. The molecule has 0 bridgehead atoms. The molecule has 0 unspecified atom stereocenters. The van der Waals surface area contributed by atoms with Crippen LogP contribution in [0.15, 0.2) is 42.5 Å². The van der Waals surface area contributed by atoms with E-state index >= 15 is 0 Å². The van der Waals surface area contributed by atoms with Crippen molar-refractivity contribution in [2.45, 2.75) is 20.4 Å². The van der Waals surface area contributed by atoms with Crippen LogP contribution in [0, 0.1) is 19.7 Å². The molecular formula is C19H16Cl2FN3O. The van der Waals surface area contributed by atoms with Crippen LogP contribution < -0.4 is 5.32 Å². The molecule has 0 aliphatic heterocycles. The quantitative estimate of drug-likeness (QED) is 0.660. The minimum absolute atomic E-state index is 0.281. The molecule has 26 heavy (non-hydrogen) atoms. The third-order valence-corrected chi connectivity index (χ3v) is 4.59. The van der Waals surface area contributed by atoms with Crippen LogP contribution in [-0.2, 0) is 6.54 Å². The Morgan fingerprint density at radius 1 is 1.15 bits per heavy atom. The number of rotatable bonds is 4. The Morgan fingerprint density at radius 2 is 1.85 bits per heavy atom. The number of benzene rings is 2. The molecule has 1 heterocycles. The first-order valence-corrected chi connectivity index (χ1v) is 8.65. The largest absolute Gasteiger partial charge is 0.319 e. The topological polar surface area (TPSA) is 46.9 Å². The van der Waals surface area contributed by atoms with E-state index in [2.05, 4.69) is 10.4 Å². The average molecular weight is 392 g/mol. The molecule has 1 amide bonds. The van der Waals surface area contributed by atoms with Gasteiger partial charge in [-0.25, -0.2) is 4.39 Å². The van der Waals surface area contributed by atoms with Gasteiger partial charge in [0.05, 0.1) is 34.2 Å². The molecular weight excluding hydrogens is 376 g/mol. The summed E-state index contributed by atoms with van der Waals surface area (Å²) in [5.74, 6) is -0.617. The van der Waals surface area contributed by atoms with Crippen molar-refractivity contribution in [1.29, 1.82) is 0 Å². The van der Waals surface area contributed by atoms with E-state index in [1.54, 1.807) is 28.9 Å². The molecule has 0 saturated carbocycles. The van der Waals surface area contributed by atoms with Crippen LogP contribution in [-0.4, -0.2) is 15.7 Å². The van der Waals surface area contributed by atoms with Gasteiger partial charge in [-0.05, 0) is 49.7 Å². The molecule has 134 valence electrons. The molecule has 0 aliphatic carbocycles. The summed E-state index contributed by atoms with van der Waals surface area (Å²) >= 11 is 12.0. The highest BCUT2D eigenvalue weighted by molar-refractivity contribution is 6.37. The molecule has 1 N–H and O–H groups in total. The Morgan fingerprint density at radius 3 is 2.50 bits per heavy atom. The van der Waals surface area contributed by atoms with Crippen molar-refractivity contribution in [2.75, 3.05) is 5.32 Å². The van der Waals surface area contributed by atoms with Crippen molar-refractivity contribution >= 4 is 34.8 Å². The van der Waals surface area contributed by atoms with E-state index in [9.17, 15) is 9.18 Å². The maximum absolute atomic E-state index is 13.0. The second kappa shape index (κ2) is 7.48. The molecule has 0 radical (unpaired) electrons. The number of nitrogens with zero attached hydrogens (tertiary/aromatic N) is 2. The van der Waals surface area contributed by atoms with Crippen LogP contribution in [0.4, 0.5) is 10.1 Å². The molecule has 0 aliphatic rings. The third kappa shape index (κ3) is 3.89. The van der Waals surface area contributed by atoms with Gasteiger partial charge < -0.3 is 5.32 Å². The molecule has 1 aromatic heterocycles. The molecule has 0 fully saturated rings. The molecule has 0 atom stereocenters. The number of hydrogen-bond donors (Lipinski definition) is 1. The normalized spacial score (nSPS) is 10.8. The molecule has 3 aromatic rings. The molecule has 3 rings (SSSR count). The summed E-state index contributed by atoms with van der Waals surface area (Å²) < 4.78 is 14.8. The summed E-state index contributed by atoms with van der Waals surface area (Å²) in [5.41, 5.74) is 3.35. The lowest BCUT2D eigenvalue weighted by atomic mass is 10.2. The maximum atomic E-state index is 13.0. The number of carbonyl (C=O) groups is 1. The number of aromatic nitrogens is 2. The summed E-state index contributed by atoms with van der Waals surface area (Å²) in [6.45, 7) is 4.15. The Bertz CT molecular complexity index is 968. The zero-order chi connectivity index (χ0) is 18.8. The summed E-state index contributed by atoms with van der Waals surface area (Å²) in [6, 6.07) is 10.9. The average Bonchev–Trinajstić information content (AvgIpc) is 2.84. The van der Waals surface area contributed by atoms with E-state index in [0.29, 0.717) is 28.5 Å². The van der Waals surface area contributed by atoms with Gasteiger partial charge in [0.25, 0.3) is 5.91 Å². The van der Waals surface area contributed by atoms with Gasteiger partial charge in [-0.1, -0.05) is 35.3 Å². The number of nitrogens with one attached hydrogen (secondary N) is 1. The van der Waals surface area contributed by atoms with Crippen LogP contribution in [0.5, 0.6) is 0 Å². The summed E-state index contributed by atoms with van der Waals surface area (Å²) in [6.07, 6.45) is 0. The van der Waals surface area contributed by atoms with E-state index in [4.69, 9.17) is 23.2 Å². The predicted octanol–water partition coefficient (Wildman–Crippen LogP) is 5.25. The number of carbonyl (C=O) groups excluding carboxylic acids is 1. The van der Waals surface area contributed by atoms with Crippen molar-refractivity contribution in [2.24, 2.45) is 0 Å². The SMILES string of the molecule is Cc1nn(Cc2ccc(F)cc2)c(C)c1NC(=O)c1ccc(Cl)cc1Cl. The number of amides is 1. The van der Waals surface area contributed by atoms with Gasteiger partial charge in [-0.2, -0.15) is 5.10 Å². The van der Waals surface area contributed by atoms with E-state index in [1.807, 2.05) is 13.8 Å². The first kappa shape index (κ1) is 18.4. The first-order chi connectivity index (χ1) is 12.3. The van der Waals surface area contributed by atoms with Crippen molar-refractivity contribution in [3.63, 3.8) is 0 Å². The minimum atomic E-state index is -0.334. The lowest BCUT2D eigenvalue weighted by Crippen LogP contribution is -2.14. The Labute approximate surface area is 160 Å². The first-order valence-electron chi connectivity index (χ1n) is 7.90. The zero-order valence-corrected chi connectivity index (χ0v) is 15.7. The fourth-order valence-corrected chi connectivity index (χ4v) is 3.14. The highest BCUT2D eigenvalue weighted by Gasteiger charge is 2.17. The number of halogens is 3. The van der Waals surface area contributed by atoms with Crippen molar-refractivity contribution < 1.29 is 9.18 Å². The predicted molar refractivity (Wildman–Crippen MR) is 102 cm³/mol. The Hall–Kier alpha value is -2.37. The van der Waals surface area contributed by atoms with Gasteiger partial charge in [0, 0.05) is 5.02 Å². The highest BCUT2D eigenvalue weighted by atomic mass is 35.5. The van der Waals surface area contributed by atoms with Gasteiger partial charge >= 0.3 is 0 Å². The Kier molecular flexibility index (Phi) is 5.30. The third-order valence-electron chi connectivity index (χ3n) is 4.04. The monoisotopic (exact) mass is 391 g/mol. The van der Waals surface area contributed by atoms with Gasteiger partial charge in [0.1, 0.15) is 5.82 Å². The van der Waals surface area contributed by atoms with E-state index < -0.39 is 0 Å². The summed E-state index contributed by atoms with van der Waals surface area (Å²) in [5, 5.41) is 8.07. The van der Waals surface area contributed by atoms with Crippen LogP contribution in [0.3, 0.4) is 0 Å². The highest BCUT2D eigenvalue weighted by Crippen LogP contribution is 2.25. The second-order valence-corrected chi connectivity index (χ2v) is 6.75. The van der Waals surface area contributed by atoms with Crippen molar-refractivity contribution in [3.05, 3.63) is 80.8 Å².